The van der Waals surface area contributed by atoms with E-state index in [-0.39, 0.29) is 31.1 Å². The number of aliphatic hydroxyl groups excluding tert-OH is 1. The van der Waals surface area contributed by atoms with Crippen LogP contribution in [0.4, 0.5) is 5.69 Å². The van der Waals surface area contributed by atoms with E-state index in [0.717, 1.165) is 41.7 Å². The zero-order chi connectivity index (χ0) is 28.2. The Balaban J connectivity index is 1.39. The summed E-state index contributed by atoms with van der Waals surface area (Å²) >= 11 is 1.75. The van der Waals surface area contributed by atoms with Crippen LogP contribution in [0.3, 0.4) is 0 Å². The van der Waals surface area contributed by atoms with E-state index in [1.54, 1.807) is 11.8 Å². The lowest BCUT2D eigenvalue weighted by Gasteiger charge is -2.36. The van der Waals surface area contributed by atoms with E-state index in [9.17, 15) is 14.7 Å². The number of unbranched alkanes of at least 4 members (excludes halogenated alkanes) is 3. The van der Waals surface area contributed by atoms with Gasteiger partial charge in [0.05, 0.1) is 18.8 Å². The maximum absolute atomic E-state index is 12.5. The number of carbonyl (C=O) groups excluding carboxylic acids is 1. The number of thioether (sulfide) groups is 1. The number of ether oxygens (including phenoxy) is 2. The molecule has 0 spiro atoms. The van der Waals surface area contributed by atoms with E-state index < -0.39 is 12.3 Å². The molecule has 1 fully saturated rings. The first-order valence-corrected chi connectivity index (χ1v) is 14.8. The van der Waals surface area contributed by atoms with Gasteiger partial charge in [-0.15, -0.1) is 11.8 Å². The minimum Gasteiger partial charge on any atom is -0.481 e. The summed E-state index contributed by atoms with van der Waals surface area (Å²) in [7, 11) is 0. The predicted octanol–water partition coefficient (Wildman–Crippen LogP) is 6.88. The lowest BCUT2D eigenvalue weighted by Crippen LogP contribution is -2.31. The van der Waals surface area contributed by atoms with Crippen molar-refractivity contribution in [3.8, 4) is 0 Å². The molecule has 0 bridgehead atoms. The molecule has 1 aliphatic heterocycles. The molecule has 7 nitrogen and oxygen atoms in total. The van der Waals surface area contributed by atoms with Gasteiger partial charge in [0.25, 0.3) is 0 Å². The normalized spacial score (nSPS) is 18.8. The Kier molecular flexibility index (Phi) is 11.6. The summed E-state index contributed by atoms with van der Waals surface area (Å²) in [5.41, 5.74) is 3.41. The van der Waals surface area contributed by atoms with Crippen LogP contribution in [0.25, 0.3) is 0 Å². The molecule has 8 heteroatoms. The zero-order valence-electron chi connectivity index (χ0n) is 22.5. The molecule has 40 heavy (non-hydrogen) atoms. The molecule has 3 unspecified atom stereocenters. The average Bonchev–Trinajstić information content (AvgIpc) is 2.98. The van der Waals surface area contributed by atoms with Gasteiger partial charge in [0.2, 0.25) is 5.91 Å². The molecule has 1 saturated heterocycles. The minimum atomic E-state index is -0.782. The molecule has 3 atom stereocenters. The average molecular weight is 564 g/mol. The molecule has 4 rings (SSSR count). The predicted molar refractivity (Wildman–Crippen MR) is 156 cm³/mol. The molecule has 0 saturated carbocycles. The molecule has 0 radical (unpaired) electrons. The molecule has 1 heterocycles. The number of hydrogen-bond acceptors (Lipinski definition) is 6. The van der Waals surface area contributed by atoms with Crippen molar-refractivity contribution in [3.05, 3.63) is 95.6 Å². The monoisotopic (exact) mass is 563 g/mol. The van der Waals surface area contributed by atoms with Gasteiger partial charge in [-0.05, 0) is 48.2 Å². The van der Waals surface area contributed by atoms with Crippen LogP contribution in [0.1, 0.15) is 74.0 Å². The summed E-state index contributed by atoms with van der Waals surface area (Å²) in [5, 5.41) is 21.1. The van der Waals surface area contributed by atoms with Gasteiger partial charge in [0.1, 0.15) is 0 Å². The summed E-state index contributed by atoms with van der Waals surface area (Å²) in [6.45, 7) is -0.00286. The van der Waals surface area contributed by atoms with Crippen LogP contribution in [0.2, 0.25) is 0 Å². The van der Waals surface area contributed by atoms with E-state index >= 15 is 0 Å². The second-order valence-electron chi connectivity index (χ2n) is 9.96. The van der Waals surface area contributed by atoms with Gasteiger partial charge in [-0.25, -0.2) is 0 Å². The van der Waals surface area contributed by atoms with Gasteiger partial charge < -0.3 is 25.0 Å². The number of carboxylic acids is 1. The Labute approximate surface area is 239 Å². The van der Waals surface area contributed by atoms with E-state index in [0.29, 0.717) is 24.9 Å². The lowest BCUT2D eigenvalue weighted by atomic mass is 10.0. The van der Waals surface area contributed by atoms with Crippen LogP contribution in [0, 0.1) is 0 Å². The van der Waals surface area contributed by atoms with E-state index in [2.05, 4.69) is 17.4 Å². The van der Waals surface area contributed by atoms with Crippen LogP contribution in [-0.4, -0.2) is 33.9 Å². The second kappa shape index (κ2) is 15.6. The van der Waals surface area contributed by atoms with Crippen molar-refractivity contribution < 1.29 is 29.3 Å². The number of carboxylic acid groups (broad SMARTS) is 1. The number of aliphatic hydroxyl groups is 1. The third kappa shape index (κ3) is 9.48. The molecule has 1 aliphatic rings. The Morgan fingerprint density at radius 1 is 0.850 bits per heavy atom. The Morgan fingerprint density at radius 3 is 2.33 bits per heavy atom. The SMILES string of the molecule is O=C(O)CCCCCCC(=O)Nc1cccc(C2OC(CSc3ccccc3)CC(c3ccc(CO)cc3)O2)c1. The van der Waals surface area contributed by atoms with Gasteiger partial charge in [-0.3, -0.25) is 9.59 Å². The van der Waals surface area contributed by atoms with Crippen molar-refractivity contribution in [2.24, 2.45) is 0 Å². The Morgan fingerprint density at radius 2 is 1.60 bits per heavy atom. The number of amides is 1. The number of anilines is 1. The fourth-order valence-corrected chi connectivity index (χ4v) is 5.57. The van der Waals surface area contributed by atoms with Crippen molar-refractivity contribution in [2.75, 3.05) is 11.1 Å². The smallest absolute Gasteiger partial charge is 0.303 e. The maximum atomic E-state index is 12.5. The summed E-state index contributed by atoms with van der Waals surface area (Å²) < 4.78 is 12.9. The van der Waals surface area contributed by atoms with Crippen LogP contribution in [-0.2, 0) is 25.7 Å². The van der Waals surface area contributed by atoms with Crippen molar-refractivity contribution in [1.29, 1.82) is 0 Å². The number of nitrogens with one attached hydrogen (secondary N) is 1. The van der Waals surface area contributed by atoms with Gasteiger partial charge in [0, 0.05) is 41.2 Å². The number of benzene rings is 3. The van der Waals surface area contributed by atoms with Crippen LogP contribution in [0.5, 0.6) is 0 Å². The molecule has 0 aliphatic carbocycles. The van der Waals surface area contributed by atoms with Crippen molar-refractivity contribution in [2.45, 2.75) is 74.9 Å². The summed E-state index contributed by atoms with van der Waals surface area (Å²) in [6.07, 6.45) is 3.44. The topological polar surface area (TPSA) is 105 Å². The Hall–Kier alpha value is -3.17. The fraction of sp³-hybridized carbons (Fsp3) is 0.375. The van der Waals surface area contributed by atoms with Gasteiger partial charge >= 0.3 is 5.97 Å². The Bertz CT molecular complexity index is 1220. The summed E-state index contributed by atoms with van der Waals surface area (Å²) in [5.74, 6) is -0.0755. The van der Waals surface area contributed by atoms with Crippen molar-refractivity contribution in [3.63, 3.8) is 0 Å². The van der Waals surface area contributed by atoms with Crippen LogP contribution < -0.4 is 5.32 Å². The number of aliphatic carboxylic acids is 1. The minimum absolute atomic E-state index is 0.00286. The quantitative estimate of drug-likeness (QED) is 0.145. The van der Waals surface area contributed by atoms with E-state index in [1.165, 1.54) is 4.90 Å². The highest BCUT2D eigenvalue weighted by Crippen LogP contribution is 2.40. The van der Waals surface area contributed by atoms with Crippen molar-refractivity contribution in [1.82, 2.24) is 0 Å². The molecule has 1 amide bonds. The molecule has 3 aromatic carbocycles. The molecular formula is C32H37NO6S. The van der Waals surface area contributed by atoms with Gasteiger partial charge in [-0.1, -0.05) is 67.4 Å². The van der Waals surface area contributed by atoms with E-state index in [4.69, 9.17) is 14.6 Å². The highest BCUT2D eigenvalue weighted by Gasteiger charge is 2.32. The first-order valence-electron chi connectivity index (χ1n) is 13.8. The second-order valence-corrected chi connectivity index (χ2v) is 11.0. The molecular weight excluding hydrogens is 526 g/mol. The third-order valence-electron chi connectivity index (χ3n) is 6.78. The summed E-state index contributed by atoms with van der Waals surface area (Å²) in [4.78, 5) is 24.3. The zero-order valence-corrected chi connectivity index (χ0v) is 23.4. The number of hydrogen-bond donors (Lipinski definition) is 3. The molecule has 3 aromatic rings. The van der Waals surface area contributed by atoms with Crippen LogP contribution >= 0.6 is 11.8 Å². The first-order chi connectivity index (χ1) is 19.5. The highest BCUT2D eigenvalue weighted by molar-refractivity contribution is 7.99. The van der Waals surface area contributed by atoms with Crippen LogP contribution in [0.15, 0.2) is 83.8 Å². The lowest BCUT2D eigenvalue weighted by molar-refractivity contribution is -0.245. The largest absolute Gasteiger partial charge is 0.481 e. The van der Waals surface area contributed by atoms with E-state index in [1.807, 2.05) is 66.7 Å². The molecule has 0 aromatic heterocycles. The highest BCUT2D eigenvalue weighted by atomic mass is 32.2. The number of carbonyl (C=O) groups is 2. The van der Waals surface area contributed by atoms with Crippen molar-refractivity contribution >= 4 is 29.3 Å². The van der Waals surface area contributed by atoms with Gasteiger partial charge in [0.15, 0.2) is 6.29 Å². The molecule has 212 valence electrons. The van der Waals surface area contributed by atoms with Gasteiger partial charge in [-0.2, -0.15) is 0 Å². The molecule has 3 N–H and O–H groups in total. The summed E-state index contributed by atoms with van der Waals surface area (Å²) in [6, 6.07) is 25.7. The fourth-order valence-electron chi connectivity index (χ4n) is 4.63. The first kappa shape index (κ1) is 29.8. The maximum Gasteiger partial charge on any atom is 0.303 e. The number of rotatable bonds is 14. The standard InChI is InChI=1S/C32H37NO6S/c34-21-23-15-17-24(18-16-23)29-20-27(22-40-28-11-4-3-5-12-28)38-32(39-29)25-9-8-10-26(19-25)33-30(35)13-6-1-2-7-14-31(36)37/h3-5,8-12,15-19,27,29,32,34H,1-2,6-7,13-14,20-22H2,(H,33,35)(H,36,37). The third-order valence-corrected chi connectivity index (χ3v) is 7.93.